The molecule has 152 valence electrons. The van der Waals surface area contributed by atoms with E-state index in [9.17, 15) is 30.8 Å². The van der Waals surface area contributed by atoms with Gasteiger partial charge in [-0.15, -0.1) is 0 Å². The van der Waals surface area contributed by atoms with Gasteiger partial charge in [-0.1, -0.05) is 18.2 Å². The lowest BCUT2D eigenvalue weighted by molar-refractivity contribution is -0.139. The van der Waals surface area contributed by atoms with E-state index in [0.29, 0.717) is 12.1 Å². The Hall–Kier alpha value is -3.14. The normalized spacial score (nSPS) is 12.0. The summed E-state index contributed by atoms with van der Waals surface area (Å²) >= 11 is 0. The molecule has 0 radical (unpaired) electrons. The molecule has 1 heterocycles. The van der Waals surface area contributed by atoms with Gasteiger partial charge in [0, 0.05) is 11.3 Å². The first kappa shape index (κ1) is 20.6. The second kappa shape index (κ2) is 7.70. The number of amides is 1. The molecule has 0 unspecified atom stereocenters. The van der Waals surface area contributed by atoms with Crippen molar-refractivity contribution in [2.75, 3.05) is 5.32 Å². The second-order valence-electron chi connectivity index (χ2n) is 5.99. The third kappa shape index (κ3) is 4.65. The van der Waals surface area contributed by atoms with E-state index in [1.807, 2.05) is 0 Å². The maximum absolute atomic E-state index is 13.4. The Kier molecular flexibility index (Phi) is 5.47. The zero-order chi connectivity index (χ0) is 21.2. The van der Waals surface area contributed by atoms with Crippen LogP contribution in [0.4, 0.5) is 23.2 Å². The van der Waals surface area contributed by atoms with Crippen LogP contribution in [-0.2, 0) is 21.8 Å². The lowest BCUT2D eigenvalue weighted by atomic mass is 10.1. The topological polar surface area (TPSA) is 76.4 Å². The molecule has 5 nitrogen and oxygen atoms in total. The molecule has 0 atom stereocenters. The Bertz CT molecular complexity index is 1140. The molecule has 10 heteroatoms. The maximum atomic E-state index is 13.4. The number of anilines is 1. The number of hydrogen-bond acceptors (Lipinski definition) is 4. The fourth-order valence-electron chi connectivity index (χ4n) is 2.57. The standard InChI is InChI=1S/C19H13F4NO4S/c20-16-7-6-13(10-15(16)19(21,22)23)24-18(25)17-12(8-9-28-17)11-29(26,27)14-4-2-1-3-5-14/h1-10H,11H2,(H,24,25). The molecule has 0 spiro atoms. The Labute approximate surface area is 162 Å². The van der Waals surface area contributed by atoms with Crippen LogP contribution in [-0.4, -0.2) is 14.3 Å². The van der Waals surface area contributed by atoms with Crippen LogP contribution in [0, 0.1) is 5.82 Å². The molecule has 0 fully saturated rings. The number of halogens is 4. The first-order chi connectivity index (χ1) is 13.6. The van der Waals surface area contributed by atoms with Crippen molar-refractivity contribution in [3.05, 3.63) is 83.6 Å². The first-order valence-electron chi connectivity index (χ1n) is 8.10. The zero-order valence-corrected chi connectivity index (χ0v) is 15.4. The van der Waals surface area contributed by atoms with Crippen molar-refractivity contribution >= 4 is 21.4 Å². The van der Waals surface area contributed by atoms with Crippen LogP contribution in [0.5, 0.6) is 0 Å². The second-order valence-corrected chi connectivity index (χ2v) is 7.98. The van der Waals surface area contributed by atoms with E-state index >= 15 is 0 Å². The highest BCUT2D eigenvalue weighted by Crippen LogP contribution is 2.33. The number of carbonyl (C=O) groups is 1. The number of nitrogens with one attached hydrogen (secondary N) is 1. The van der Waals surface area contributed by atoms with Crippen LogP contribution in [0.15, 0.2) is 70.2 Å². The minimum atomic E-state index is -4.94. The summed E-state index contributed by atoms with van der Waals surface area (Å²) in [5, 5.41) is 2.16. The largest absolute Gasteiger partial charge is 0.459 e. The van der Waals surface area contributed by atoms with Gasteiger partial charge in [-0.05, 0) is 36.4 Å². The summed E-state index contributed by atoms with van der Waals surface area (Å²) in [7, 11) is -3.78. The van der Waals surface area contributed by atoms with Gasteiger partial charge in [-0.25, -0.2) is 12.8 Å². The lowest BCUT2D eigenvalue weighted by Crippen LogP contribution is -2.16. The Balaban J connectivity index is 1.83. The summed E-state index contributed by atoms with van der Waals surface area (Å²) < 4.78 is 81.8. The molecule has 0 aliphatic rings. The average molecular weight is 427 g/mol. The van der Waals surface area contributed by atoms with Gasteiger partial charge in [0.1, 0.15) is 5.82 Å². The summed E-state index contributed by atoms with van der Waals surface area (Å²) in [6.45, 7) is 0. The van der Waals surface area contributed by atoms with Crippen molar-refractivity contribution in [1.29, 1.82) is 0 Å². The number of sulfone groups is 1. The first-order valence-corrected chi connectivity index (χ1v) is 9.75. The number of furan rings is 1. The fourth-order valence-corrected chi connectivity index (χ4v) is 3.95. The molecule has 0 aliphatic carbocycles. The highest BCUT2D eigenvalue weighted by atomic mass is 32.2. The maximum Gasteiger partial charge on any atom is 0.419 e. The molecule has 1 aromatic heterocycles. The van der Waals surface area contributed by atoms with Crippen LogP contribution >= 0.6 is 0 Å². The van der Waals surface area contributed by atoms with Crippen LogP contribution in [0.25, 0.3) is 0 Å². The molecule has 0 saturated carbocycles. The number of hydrogen-bond donors (Lipinski definition) is 1. The third-order valence-electron chi connectivity index (χ3n) is 3.93. The van der Waals surface area contributed by atoms with Crippen molar-refractivity contribution < 1.29 is 35.2 Å². The van der Waals surface area contributed by atoms with Gasteiger partial charge < -0.3 is 9.73 Å². The van der Waals surface area contributed by atoms with Crippen molar-refractivity contribution in [3.63, 3.8) is 0 Å². The van der Waals surface area contributed by atoms with Gasteiger partial charge in [0.25, 0.3) is 5.91 Å². The van der Waals surface area contributed by atoms with E-state index in [-0.39, 0.29) is 21.9 Å². The molecule has 2 aromatic carbocycles. The molecule has 29 heavy (non-hydrogen) atoms. The molecular weight excluding hydrogens is 414 g/mol. The molecule has 0 bridgehead atoms. The molecule has 0 aliphatic heterocycles. The summed E-state index contributed by atoms with van der Waals surface area (Å²) in [6, 6.07) is 10.8. The molecule has 3 rings (SSSR count). The smallest absolute Gasteiger partial charge is 0.419 e. The Morgan fingerprint density at radius 1 is 1.03 bits per heavy atom. The van der Waals surface area contributed by atoms with E-state index in [2.05, 4.69) is 5.32 Å². The molecular formula is C19H13F4NO4S. The summed E-state index contributed by atoms with van der Waals surface area (Å²) in [6.07, 6.45) is -3.85. The zero-order valence-electron chi connectivity index (χ0n) is 14.5. The molecule has 1 N–H and O–H groups in total. The lowest BCUT2D eigenvalue weighted by Gasteiger charge is -2.11. The highest BCUT2D eigenvalue weighted by Gasteiger charge is 2.34. The summed E-state index contributed by atoms with van der Waals surface area (Å²) in [4.78, 5) is 12.4. The number of rotatable bonds is 5. The van der Waals surface area contributed by atoms with E-state index in [4.69, 9.17) is 4.42 Å². The van der Waals surface area contributed by atoms with Crippen molar-refractivity contribution in [2.24, 2.45) is 0 Å². The highest BCUT2D eigenvalue weighted by molar-refractivity contribution is 7.90. The van der Waals surface area contributed by atoms with E-state index in [1.54, 1.807) is 18.2 Å². The number of alkyl halides is 3. The van der Waals surface area contributed by atoms with Crippen molar-refractivity contribution in [1.82, 2.24) is 0 Å². The van der Waals surface area contributed by atoms with Gasteiger partial charge in [0.15, 0.2) is 15.6 Å². The average Bonchev–Trinajstić information content (AvgIpc) is 3.10. The Morgan fingerprint density at radius 3 is 2.38 bits per heavy atom. The van der Waals surface area contributed by atoms with Crippen LogP contribution in [0.3, 0.4) is 0 Å². The third-order valence-corrected chi connectivity index (χ3v) is 5.61. The SMILES string of the molecule is O=C(Nc1ccc(F)c(C(F)(F)F)c1)c1occc1CS(=O)(=O)c1ccccc1. The van der Waals surface area contributed by atoms with Crippen LogP contribution in [0.1, 0.15) is 21.7 Å². The number of benzene rings is 2. The van der Waals surface area contributed by atoms with Gasteiger partial charge in [0.05, 0.1) is 22.5 Å². The summed E-state index contributed by atoms with van der Waals surface area (Å²) in [5.41, 5.74) is -1.83. The van der Waals surface area contributed by atoms with Gasteiger partial charge in [0.2, 0.25) is 0 Å². The van der Waals surface area contributed by atoms with Crippen molar-refractivity contribution in [2.45, 2.75) is 16.8 Å². The van der Waals surface area contributed by atoms with E-state index in [1.165, 1.54) is 18.2 Å². The minimum Gasteiger partial charge on any atom is -0.459 e. The predicted octanol–water partition coefficient (Wildman–Crippen LogP) is 4.66. The Morgan fingerprint density at radius 2 is 1.72 bits per heavy atom. The fraction of sp³-hybridized carbons (Fsp3) is 0.105. The number of carbonyl (C=O) groups excluding carboxylic acids is 1. The van der Waals surface area contributed by atoms with Gasteiger partial charge in [-0.2, -0.15) is 13.2 Å². The summed E-state index contributed by atoms with van der Waals surface area (Å²) in [5.74, 6) is -3.37. The minimum absolute atomic E-state index is 0.0320. The predicted molar refractivity (Wildman–Crippen MR) is 95.4 cm³/mol. The molecule has 3 aromatic rings. The van der Waals surface area contributed by atoms with E-state index < -0.39 is 39.1 Å². The monoisotopic (exact) mass is 427 g/mol. The quantitative estimate of drug-likeness (QED) is 0.601. The van der Waals surface area contributed by atoms with Crippen LogP contribution in [0.2, 0.25) is 0 Å². The van der Waals surface area contributed by atoms with Gasteiger partial charge in [-0.3, -0.25) is 4.79 Å². The molecule has 1 amide bonds. The van der Waals surface area contributed by atoms with Gasteiger partial charge >= 0.3 is 6.18 Å². The van der Waals surface area contributed by atoms with E-state index in [0.717, 1.165) is 12.3 Å². The molecule has 0 saturated heterocycles. The van der Waals surface area contributed by atoms with Crippen LogP contribution < -0.4 is 5.32 Å². The van der Waals surface area contributed by atoms with Crippen molar-refractivity contribution in [3.8, 4) is 0 Å².